The Morgan fingerprint density at radius 1 is 1.29 bits per heavy atom. The molecule has 2 heterocycles. The molecule has 0 saturated carbocycles. The second-order valence-corrected chi connectivity index (χ2v) is 4.57. The molecule has 2 aliphatic heterocycles. The average molecular weight is 235 g/mol. The van der Waals surface area contributed by atoms with Crippen LogP contribution >= 0.6 is 0 Å². The van der Waals surface area contributed by atoms with Crippen LogP contribution in [0.5, 0.6) is 11.5 Å². The molecule has 4 heteroatoms. The van der Waals surface area contributed by atoms with Crippen molar-refractivity contribution >= 4 is 0 Å². The lowest BCUT2D eigenvalue weighted by Gasteiger charge is -2.23. The van der Waals surface area contributed by atoms with Crippen LogP contribution in [0.1, 0.15) is 24.4 Å². The highest BCUT2D eigenvalue weighted by Gasteiger charge is 2.22. The van der Waals surface area contributed by atoms with Gasteiger partial charge in [0.05, 0.1) is 12.6 Å². The highest BCUT2D eigenvalue weighted by Crippen LogP contribution is 2.34. The Balaban J connectivity index is 1.71. The fourth-order valence-corrected chi connectivity index (χ4v) is 2.29. The number of hydrogen-bond donors (Lipinski definition) is 1. The van der Waals surface area contributed by atoms with E-state index in [9.17, 15) is 0 Å². The van der Waals surface area contributed by atoms with E-state index in [4.69, 9.17) is 19.9 Å². The molecule has 92 valence electrons. The highest BCUT2D eigenvalue weighted by atomic mass is 16.5. The molecule has 0 aromatic heterocycles. The van der Waals surface area contributed by atoms with Crippen LogP contribution in [-0.2, 0) is 4.74 Å². The molecular weight excluding hydrogens is 218 g/mol. The molecule has 0 aliphatic carbocycles. The lowest BCUT2D eigenvalue weighted by atomic mass is 10.1. The quantitative estimate of drug-likeness (QED) is 0.846. The minimum atomic E-state index is -0.00272. The van der Waals surface area contributed by atoms with Crippen LogP contribution in [-0.4, -0.2) is 25.9 Å². The molecule has 4 nitrogen and oxygen atoms in total. The van der Waals surface area contributed by atoms with Crippen LogP contribution in [0, 0.1) is 0 Å². The van der Waals surface area contributed by atoms with Gasteiger partial charge in [0, 0.05) is 18.2 Å². The predicted molar refractivity (Wildman–Crippen MR) is 63.3 cm³/mol. The van der Waals surface area contributed by atoms with Gasteiger partial charge in [-0.05, 0) is 25.0 Å². The fourth-order valence-electron chi connectivity index (χ4n) is 2.29. The molecule has 1 fully saturated rings. The predicted octanol–water partition coefficient (Wildman–Crippen LogP) is 1.64. The van der Waals surface area contributed by atoms with Gasteiger partial charge in [-0.2, -0.15) is 0 Å². The normalized spacial score (nSPS) is 27.4. The molecule has 2 unspecified atom stereocenters. The van der Waals surface area contributed by atoms with Gasteiger partial charge in [-0.15, -0.1) is 0 Å². The summed E-state index contributed by atoms with van der Waals surface area (Å²) in [5.74, 6) is 1.69. The number of nitrogens with two attached hydrogens (primary N) is 1. The zero-order valence-corrected chi connectivity index (χ0v) is 9.72. The number of fused-ring (bicyclic) bond motifs is 1. The Labute approximate surface area is 101 Å². The summed E-state index contributed by atoms with van der Waals surface area (Å²) >= 11 is 0. The van der Waals surface area contributed by atoms with Crippen molar-refractivity contribution in [1.82, 2.24) is 0 Å². The summed E-state index contributed by atoms with van der Waals surface area (Å²) in [7, 11) is 0. The molecule has 1 aromatic carbocycles. The van der Waals surface area contributed by atoms with Crippen molar-refractivity contribution in [1.29, 1.82) is 0 Å². The molecule has 0 radical (unpaired) electrons. The zero-order valence-electron chi connectivity index (χ0n) is 9.72. The van der Waals surface area contributed by atoms with Crippen molar-refractivity contribution in [2.24, 2.45) is 5.73 Å². The maximum absolute atomic E-state index is 5.89. The molecular formula is C13H17NO3. The third-order valence-corrected chi connectivity index (χ3v) is 3.22. The first kappa shape index (κ1) is 10.9. The summed E-state index contributed by atoms with van der Waals surface area (Å²) in [5.41, 5.74) is 6.96. The zero-order chi connectivity index (χ0) is 11.7. The smallest absolute Gasteiger partial charge is 0.127 e. The van der Waals surface area contributed by atoms with Gasteiger partial charge in [-0.1, -0.05) is 0 Å². The van der Waals surface area contributed by atoms with Crippen molar-refractivity contribution in [2.45, 2.75) is 25.0 Å². The van der Waals surface area contributed by atoms with Crippen molar-refractivity contribution in [3.8, 4) is 11.5 Å². The second kappa shape index (κ2) is 4.55. The van der Waals surface area contributed by atoms with Gasteiger partial charge in [0.15, 0.2) is 0 Å². The Morgan fingerprint density at radius 3 is 3.06 bits per heavy atom. The van der Waals surface area contributed by atoms with E-state index in [-0.39, 0.29) is 12.1 Å². The fraction of sp³-hybridized carbons (Fsp3) is 0.538. The molecule has 1 aromatic rings. The highest BCUT2D eigenvalue weighted by molar-refractivity contribution is 5.44. The van der Waals surface area contributed by atoms with Gasteiger partial charge in [-0.25, -0.2) is 0 Å². The summed E-state index contributed by atoms with van der Waals surface area (Å²) in [5, 5.41) is 0. The number of rotatable bonds is 2. The first-order valence-corrected chi connectivity index (χ1v) is 6.09. The van der Waals surface area contributed by atoms with E-state index in [1.807, 2.05) is 18.2 Å². The van der Waals surface area contributed by atoms with Crippen LogP contribution in [0.25, 0.3) is 0 Å². The summed E-state index contributed by atoms with van der Waals surface area (Å²) < 4.78 is 16.8. The molecule has 0 bridgehead atoms. The third-order valence-electron chi connectivity index (χ3n) is 3.22. The topological polar surface area (TPSA) is 53.7 Å². The van der Waals surface area contributed by atoms with Gasteiger partial charge < -0.3 is 19.9 Å². The summed E-state index contributed by atoms with van der Waals surface area (Å²) in [6.07, 6.45) is 2.28. The van der Waals surface area contributed by atoms with Crippen LogP contribution in [0.4, 0.5) is 0 Å². The minimum absolute atomic E-state index is 0.00272. The van der Waals surface area contributed by atoms with E-state index >= 15 is 0 Å². The molecule has 1 saturated heterocycles. The van der Waals surface area contributed by atoms with Crippen molar-refractivity contribution < 1.29 is 14.2 Å². The van der Waals surface area contributed by atoms with Gasteiger partial charge in [0.2, 0.25) is 0 Å². The largest absolute Gasteiger partial charge is 0.491 e. The number of hydrogen-bond acceptors (Lipinski definition) is 4. The second-order valence-electron chi connectivity index (χ2n) is 4.57. The molecule has 17 heavy (non-hydrogen) atoms. The maximum Gasteiger partial charge on any atom is 0.127 e. The van der Waals surface area contributed by atoms with Crippen LogP contribution in [0.15, 0.2) is 18.2 Å². The van der Waals surface area contributed by atoms with Crippen LogP contribution in [0.3, 0.4) is 0 Å². The van der Waals surface area contributed by atoms with Crippen LogP contribution in [0.2, 0.25) is 0 Å². The van der Waals surface area contributed by atoms with Crippen molar-refractivity contribution in [2.75, 3.05) is 19.8 Å². The standard InChI is InChI=1S/C13H17NO3/c14-12-8-16-13-6-9(3-4-11(12)13)17-10-2-1-5-15-7-10/h3-4,6,10,12H,1-2,5,7-8,14H2. The van der Waals surface area contributed by atoms with E-state index in [1.165, 1.54) is 0 Å². The Bertz CT molecular complexity index is 402. The number of ether oxygens (including phenoxy) is 3. The Kier molecular flexibility index (Phi) is 2.91. The van der Waals surface area contributed by atoms with Gasteiger partial charge >= 0.3 is 0 Å². The van der Waals surface area contributed by atoms with Crippen molar-refractivity contribution in [3.05, 3.63) is 23.8 Å². The monoisotopic (exact) mass is 235 g/mol. The first-order chi connectivity index (χ1) is 8.33. The van der Waals surface area contributed by atoms with E-state index in [2.05, 4.69) is 0 Å². The molecule has 3 rings (SSSR count). The number of benzene rings is 1. The molecule has 2 atom stereocenters. The molecule has 0 spiro atoms. The first-order valence-electron chi connectivity index (χ1n) is 6.09. The molecule has 2 N–H and O–H groups in total. The Hall–Kier alpha value is -1.26. The van der Waals surface area contributed by atoms with E-state index in [0.29, 0.717) is 13.2 Å². The summed E-state index contributed by atoms with van der Waals surface area (Å²) in [4.78, 5) is 0. The lowest BCUT2D eigenvalue weighted by Crippen LogP contribution is -2.27. The van der Waals surface area contributed by atoms with Gasteiger partial charge in [-0.3, -0.25) is 0 Å². The van der Waals surface area contributed by atoms with Gasteiger partial charge in [0.25, 0.3) is 0 Å². The van der Waals surface area contributed by atoms with Crippen molar-refractivity contribution in [3.63, 3.8) is 0 Å². The third kappa shape index (κ3) is 2.23. The molecule has 2 aliphatic rings. The van der Waals surface area contributed by atoms with E-state index < -0.39 is 0 Å². The SMILES string of the molecule is NC1COc2cc(OC3CCCOC3)ccc21. The lowest BCUT2D eigenvalue weighted by molar-refractivity contribution is 0.00736. The van der Waals surface area contributed by atoms with Crippen LogP contribution < -0.4 is 15.2 Å². The Morgan fingerprint density at radius 2 is 2.24 bits per heavy atom. The molecule has 0 amide bonds. The minimum Gasteiger partial charge on any atom is -0.491 e. The van der Waals surface area contributed by atoms with Gasteiger partial charge in [0.1, 0.15) is 24.2 Å². The maximum atomic E-state index is 5.89. The average Bonchev–Trinajstić information content (AvgIpc) is 2.72. The van der Waals surface area contributed by atoms with E-state index in [1.54, 1.807) is 0 Å². The summed E-state index contributed by atoms with van der Waals surface area (Å²) in [6, 6.07) is 5.88. The van der Waals surface area contributed by atoms with E-state index in [0.717, 1.165) is 36.5 Å². The summed E-state index contributed by atoms with van der Waals surface area (Å²) in [6.45, 7) is 2.09.